The molecule has 0 saturated heterocycles. The van der Waals surface area contributed by atoms with E-state index in [0.29, 0.717) is 6.54 Å². The molecule has 5 nitrogen and oxygen atoms in total. The molecule has 0 saturated carbocycles. The van der Waals surface area contributed by atoms with Crippen LogP contribution in [0.1, 0.15) is 40.3 Å². The highest BCUT2D eigenvalue weighted by atomic mass is 16.3. The monoisotopic (exact) mass is 240 g/mol. The Labute approximate surface area is 103 Å². The Hall–Kier alpha value is -0.940. The molecule has 2 N–H and O–H groups in total. The maximum Gasteiger partial charge on any atom is 0.0965 e. The van der Waals surface area contributed by atoms with Gasteiger partial charge >= 0.3 is 0 Å². The molecule has 0 fully saturated rings. The van der Waals surface area contributed by atoms with Gasteiger partial charge < -0.3 is 10.4 Å². The van der Waals surface area contributed by atoms with E-state index in [4.69, 9.17) is 5.11 Å². The third-order valence-corrected chi connectivity index (χ3v) is 2.57. The largest absolute Gasteiger partial charge is 0.396 e. The van der Waals surface area contributed by atoms with E-state index < -0.39 is 0 Å². The van der Waals surface area contributed by atoms with Crippen molar-refractivity contribution in [3.8, 4) is 0 Å². The Kier molecular flexibility index (Phi) is 4.27. The summed E-state index contributed by atoms with van der Waals surface area (Å²) in [4.78, 5) is 0. The number of hydrogen-bond donors (Lipinski definition) is 2. The van der Waals surface area contributed by atoms with Crippen molar-refractivity contribution < 1.29 is 5.11 Å². The summed E-state index contributed by atoms with van der Waals surface area (Å²) in [6.45, 7) is 11.9. The minimum atomic E-state index is -0.0972. The number of aromatic nitrogens is 3. The highest BCUT2D eigenvalue weighted by Gasteiger charge is 2.17. The first-order chi connectivity index (χ1) is 7.74. The van der Waals surface area contributed by atoms with Gasteiger partial charge in [-0.3, -0.25) is 0 Å². The molecule has 0 unspecified atom stereocenters. The van der Waals surface area contributed by atoms with Gasteiger partial charge in [0.05, 0.1) is 17.4 Å². The van der Waals surface area contributed by atoms with E-state index in [2.05, 4.69) is 36.4 Å². The second kappa shape index (κ2) is 5.14. The summed E-state index contributed by atoms with van der Waals surface area (Å²) in [5.74, 6) is 0. The van der Waals surface area contributed by atoms with Gasteiger partial charge in [-0.25, -0.2) is 4.68 Å². The quantitative estimate of drug-likeness (QED) is 0.810. The first-order valence-corrected chi connectivity index (χ1v) is 5.98. The lowest BCUT2D eigenvalue weighted by Crippen LogP contribution is -2.32. The molecule has 1 aromatic rings. The van der Waals surface area contributed by atoms with Crippen LogP contribution in [-0.2, 0) is 12.1 Å². The summed E-state index contributed by atoms with van der Waals surface area (Å²) >= 11 is 0. The molecule has 0 aliphatic carbocycles. The van der Waals surface area contributed by atoms with Crippen LogP contribution in [0.3, 0.4) is 0 Å². The van der Waals surface area contributed by atoms with Crippen LogP contribution in [0.25, 0.3) is 0 Å². The molecule has 0 aromatic carbocycles. The fraction of sp³-hybridized carbons (Fsp3) is 0.833. The van der Waals surface area contributed by atoms with Crippen molar-refractivity contribution in [2.45, 2.75) is 46.7 Å². The van der Waals surface area contributed by atoms with Gasteiger partial charge in [0.1, 0.15) is 0 Å². The molecule has 17 heavy (non-hydrogen) atoms. The predicted octanol–water partition coefficient (Wildman–Crippen LogP) is 1.14. The second-order valence-corrected chi connectivity index (χ2v) is 6.25. The molecule has 0 radical (unpaired) electrons. The van der Waals surface area contributed by atoms with E-state index in [0.717, 1.165) is 12.2 Å². The molecule has 0 bridgehead atoms. The highest BCUT2D eigenvalue weighted by Crippen LogP contribution is 2.13. The topological polar surface area (TPSA) is 63.0 Å². The summed E-state index contributed by atoms with van der Waals surface area (Å²) in [5, 5.41) is 20.6. The summed E-state index contributed by atoms with van der Waals surface area (Å²) in [6.07, 6.45) is 1.96. The SMILES string of the molecule is CC(C)(CO)CNCc1cn(C(C)(C)C)nn1. The maximum absolute atomic E-state index is 9.13. The predicted molar refractivity (Wildman–Crippen MR) is 67.6 cm³/mol. The number of rotatable bonds is 5. The highest BCUT2D eigenvalue weighted by molar-refractivity contribution is 4.94. The van der Waals surface area contributed by atoms with E-state index in [9.17, 15) is 0 Å². The van der Waals surface area contributed by atoms with E-state index in [1.165, 1.54) is 0 Å². The van der Waals surface area contributed by atoms with Crippen molar-refractivity contribution in [3.05, 3.63) is 11.9 Å². The zero-order valence-corrected chi connectivity index (χ0v) is 11.5. The lowest BCUT2D eigenvalue weighted by molar-refractivity contribution is 0.156. The van der Waals surface area contributed by atoms with E-state index in [1.807, 2.05) is 24.7 Å². The van der Waals surface area contributed by atoms with Gasteiger partial charge in [-0.05, 0) is 20.8 Å². The van der Waals surface area contributed by atoms with Crippen LogP contribution in [0, 0.1) is 5.41 Å². The van der Waals surface area contributed by atoms with Crippen LogP contribution in [0.15, 0.2) is 6.20 Å². The van der Waals surface area contributed by atoms with Crippen LogP contribution < -0.4 is 5.32 Å². The van der Waals surface area contributed by atoms with Crippen LogP contribution >= 0.6 is 0 Å². The van der Waals surface area contributed by atoms with Gasteiger partial charge in [-0.15, -0.1) is 5.10 Å². The van der Waals surface area contributed by atoms with Gasteiger partial charge in [0, 0.05) is 25.1 Å². The Balaban J connectivity index is 2.46. The fourth-order valence-electron chi connectivity index (χ4n) is 1.29. The first kappa shape index (κ1) is 14.1. The van der Waals surface area contributed by atoms with E-state index >= 15 is 0 Å². The Morgan fingerprint density at radius 2 is 1.94 bits per heavy atom. The van der Waals surface area contributed by atoms with Crippen molar-refractivity contribution in [1.29, 1.82) is 0 Å². The molecule has 1 aromatic heterocycles. The van der Waals surface area contributed by atoms with E-state index in [-0.39, 0.29) is 17.6 Å². The molecular formula is C12H24N4O. The Morgan fingerprint density at radius 1 is 1.29 bits per heavy atom. The third kappa shape index (κ3) is 4.44. The fourth-order valence-corrected chi connectivity index (χ4v) is 1.29. The van der Waals surface area contributed by atoms with Gasteiger partial charge in [0.2, 0.25) is 0 Å². The van der Waals surface area contributed by atoms with Gasteiger partial charge in [-0.2, -0.15) is 0 Å². The summed E-state index contributed by atoms with van der Waals surface area (Å²) in [5.41, 5.74) is 0.795. The lowest BCUT2D eigenvalue weighted by Gasteiger charge is -2.21. The summed E-state index contributed by atoms with van der Waals surface area (Å²) in [7, 11) is 0. The van der Waals surface area contributed by atoms with Crippen LogP contribution in [0.5, 0.6) is 0 Å². The van der Waals surface area contributed by atoms with Gasteiger partial charge in [0.15, 0.2) is 0 Å². The Morgan fingerprint density at radius 3 is 2.41 bits per heavy atom. The van der Waals surface area contributed by atoms with Crippen LogP contribution in [0.2, 0.25) is 0 Å². The molecule has 98 valence electrons. The summed E-state index contributed by atoms with van der Waals surface area (Å²) in [6, 6.07) is 0. The van der Waals surface area contributed by atoms with Crippen molar-refractivity contribution in [2.75, 3.05) is 13.2 Å². The van der Waals surface area contributed by atoms with E-state index in [1.54, 1.807) is 0 Å². The molecule has 0 aliphatic heterocycles. The normalized spacial score (nSPS) is 13.1. The molecule has 0 amide bonds. The number of nitrogens with one attached hydrogen (secondary N) is 1. The smallest absolute Gasteiger partial charge is 0.0965 e. The average Bonchev–Trinajstić information content (AvgIpc) is 2.66. The molecule has 0 spiro atoms. The van der Waals surface area contributed by atoms with Crippen LogP contribution in [0.4, 0.5) is 0 Å². The standard InChI is InChI=1S/C12H24N4O/c1-11(2,3)16-7-10(14-15-16)6-13-8-12(4,5)9-17/h7,13,17H,6,8-9H2,1-5H3. The average molecular weight is 240 g/mol. The molecule has 1 heterocycles. The number of hydrogen-bond acceptors (Lipinski definition) is 4. The zero-order valence-electron chi connectivity index (χ0n) is 11.5. The molecule has 0 atom stereocenters. The number of nitrogens with zero attached hydrogens (tertiary/aromatic N) is 3. The minimum absolute atomic E-state index is 0.0321. The van der Waals surface area contributed by atoms with Crippen molar-refractivity contribution in [3.63, 3.8) is 0 Å². The maximum atomic E-state index is 9.13. The third-order valence-electron chi connectivity index (χ3n) is 2.57. The molecule has 0 aliphatic rings. The molecule has 5 heteroatoms. The molecular weight excluding hydrogens is 216 g/mol. The zero-order chi connectivity index (χ0) is 13.1. The Bertz CT molecular complexity index is 352. The lowest BCUT2D eigenvalue weighted by atomic mass is 9.95. The first-order valence-electron chi connectivity index (χ1n) is 5.98. The van der Waals surface area contributed by atoms with Gasteiger partial charge in [-0.1, -0.05) is 19.1 Å². The number of aliphatic hydroxyl groups excluding tert-OH is 1. The van der Waals surface area contributed by atoms with Crippen LogP contribution in [-0.4, -0.2) is 33.3 Å². The van der Waals surface area contributed by atoms with Crippen molar-refractivity contribution in [1.82, 2.24) is 20.3 Å². The summed E-state index contributed by atoms with van der Waals surface area (Å²) < 4.78 is 1.86. The number of aliphatic hydroxyl groups is 1. The molecule has 1 rings (SSSR count). The minimum Gasteiger partial charge on any atom is -0.396 e. The van der Waals surface area contributed by atoms with Crippen molar-refractivity contribution >= 4 is 0 Å². The second-order valence-electron chi connectivity index (χ2n) is 6.25. The van der Waals surface area contributed by atoms with Gasteiger partial charge in [0.25, 0.3) is 0 Å². The van der Waals surface area contributed by atoms with Crippen molar-refractivity contribution in [2.24, 2.45) is 5.41 Å².